The zero-order valence-electron chi connectivity index (χ0n) is 15.0. The Hall–Kier alpha value is -2.05. The number of carboxylic acids is 1. The van der Waals surface area contributed by atoms with E-state index in [0.717, 1.165) is 0 Å². The van der Waals surface area contributed by atoms with E-state index >= 15 is 0 Å². The van der Waals surface area contributed by atoms with Crippen LogP contribution in [0, 0.1) is 5.92 Å². The molecule has 1 aliphatic heterocycles. The quantitative estimate of drug-likeness (QED) is 0.702. The number of rotatable bonds is 6. The van der Waals surface area contributed by atoms with Crippen molar-refractivity contribution in [1.29, 1.82) is 0 Å². The Morgan fingerprint density at radius 3 is 2.59 bits per heavy atom. The number of aliphatic carboxylic acids is 1. The van der Waals surface area contributed by atoms with E-state index in [9.17, 15) is 14.4 Å². The van der Waals surface area contributed by atoms with Crippen LogP contribution in [0.5, 0.6) is 0 Å². The van der Waals surface area contributed by atoms with Crippen molar-refractivity contribution in [2.24, 2.45) is 5.92 Å². The number of halogens is 2. The van der Waals surface area contributed by atoms with Crippen LogP contribution in [0.3, 0.4) is 0 Å². The molecule has 8 heteroatoms. The van der Waals surface area contributed by atoms with E-state index in [1.165, 1.54) is 13.0 Å². The number of carbonyl (C=O) groups is 3. The van der Waals surface area contributed by atoms with Gasteiger partial charge in [-0.3, -0.25) is 14.4 Å². The van der Waals surface area contributed by atoms with Gasteiger partial charge in [-0.05, 0) is 30.5 Å². The van der Waals surface area contributed by atoms with E-state index in [0.29, 0.717) is 41.5 Å². The average Bonchev–Trinajstić information content (AvgIpc) is 2.63. The first-order valence-electron chi connectivity index (χ1n) is 8.71. The molecule has 2 N–H and O–H groups in total. The van der Waals surface area contributed by atoms with Crippen LogP contribution in [-0.2, 0) is 14.4 Å². The maximum Gasteiger partial charge on any atom is 0.306 e. The van der Waals surface area contributed by atoms with Gasteiger partial charge >= 0.3 is 5.97 Å². The van der Waals surface area contributed by atoms with Crippen molar-refractivity contribution in [2.45, 2.75) is 32.2 Å². The summed E-state index contributed by atoms with van der Waals surface area (Å²) in [6, 6.07) is 5.17. The fourth-order valence-corrected chi connectivity index (χ4v) is 3.18. The summed E-state index contributed by atoms with van der Waals surface area (Å²) in [7, 11) is 0. The number of nitrogens with one attached hydrogen (secondary N) is 1. The Kier molecular flexibility index (Phi) is 7.68. The maximum absolute atomic E-state index is 12.3. The number of carboxylic acid groups (broad SMARTS) is 1. The van der Waals surface area contributed by atoms with Crippen LogP contribution in [0.4, 0.5) is 0 Å². The van der Waals surface area contributed by atoms with Crippen LogP contribution in [0.25, 0.3) is 6.08 Å². The average molecular weight is 413 g/mol. The lowest BCUT2D eigenvalue weighted by Crippen LogP contribution is -2.46. The van der Waals surface area contributed by atoms with Crippen LogP contribution in [0.2, 0.25) is 10.0 Å². The van der Waals surface area contributed by atoms with Gasteiger partial charge in [0.05, 0.1) is 16.0 Å². The first-order chi connectivity index (χ1) is 12.8. The molecule has 6 nitrogen and oxygen atoms in total. The molecular weight excluding hydrogens is 391 g/mol. The molecular formula is C19H22Cl2N2O4. The topological polar surface area (TPSA) is 86.7 Å². The van der Waals surface area contributed by atoms with E-state index in [4.69, 9.17) is 28.3 Å². The molecule has 2 amide bonds. The van der Waals surface area contributed by atoms with Gasteiger partial charge in [0.15, 0.2) is 0 Å². The van der Waals surface area contributed by atoms with Crippen LogP contribution in [0.1, 0.15) is 31.7 Å². The number of hydrogen-bond donors (Lipinski definition) is 2. The van der Waals surface area contributed by atoms with Crippen molar-refractivity contribution in [3.63, 3.8) is 0 Å². The Labute approximate surface area is 168 Å². The zero-order valence-corrected chi connectivity index (χ0v) is 16.5. The molecule has 1 fully saturated rings. The molecule has 146 valence electrons. The number of hydrogen-bond acceptors (Lipinski definition) is 3. The largest absolute Gasteiger partial charge is 0.481 e. The molecule has 2 rings (SSSR count). The smallest absolute Gasteiger partial charge is 0.306 e. The number of likely N-dealkylation sites (tertiary alicyclic amines) is 1. The Morgan fingerprint density at radius 1 is 1.30 bits per heavy atom. The molecule has 1 atom stereocenters. The van der Waals surface area contributed by atoms with Gasteiger partial charge < -0.3 is 15.3 Å². The lowest BCUT2D eigenvalue weighted by atomic mass is 10.0. The summed E-state index contributed by atoms with van der Waals surface area (Å²) in [6.45, 7) is 2.54. The Morgan fingerprint density at radius 2 is 1.96 bits per heavy atom. The summed E-state index contributed by atoms with van der Waals surface area (Å²) in [4.78, 5) is 36.7. The summed E-state index contributed by atoms with van der Waals surface area (Å²) in [5, 5.41) is 12.5. The lowest BCUT2D eigenvalue weighted by Gasteiger charge is -2.32. The minimum atomic E-state index is -0.989. The van der Waals surface area contributed by atoms with Crippen molar-refractivity contribution < 1.29 is 19.5 Å². The Balaban J connectivity index is 1.82. The van der Waals surface area contributed by atoms with Crippen LogP contribution in [-0.4, -0.2) is 46.9 Å². The van der Waals surface area contributed by atoms with Crippen LogP contribution in [0.15, 0.2) is 24.3 Å². The second kappa shape index (κ2) is 9.76. The van der Waals surface area contributed by atoms with E-state index in [-0.39, 0.29) is 24.3 Å². The molecule has 0 aliphatic carbocycles. The van der Waals surface area contributed by atoms with Gasteiger partial charge in [0.25, 0.3) is 0 Å². The minimum Gasteiger partial charge on any atom is -0.481 e. The van der Waals surface area contributed by atoms with Crippen LogP contribution >= 0.6 is 23.2 Å². The van der Waals surface area contributed by atoms with Gasteiger partial charge in [-0.1, -0.05) is 42.3 Å². The Bertz CT molecular complexity index is 743. The standard InChI is InChI=1S/C19H22Cl2N2O4/c1-12(19(26)27)11-16(24)22-14-7-9-23(10-8-14)17(25)6-5-13-3-2-4-15(20)18(13)21/h2-6,12,14H,7-11H2,1H3,(H,22,24)(H,26,27)/b6-5+. The van der Waals surface area contributed by atoms with Gasteiger partial charge in [-0.25, -0.2) is 0 Å². The first-order valence-corrected chi connectivity index (χ1v) is 9.46. The van der Waals surface area contributed by atoms with Crippen molar-refractivity contribution in [2.75, 3.05) is 13.1 Å². The van der Waals surface area contributed by atoms with E-state index < -0.39 is 11.9 Å². The highest BCUT2D eigenvalue weighted by Crippen LogP contribution is 2.26. The summed E-state index contributed by atoms with van der Waals surface area (Å²) in [5.74, 6) is -2.10. The zero-order chi connectivity index (χ0) is 20.0. The van der Waals surface area contributed by atoms with Crippen molar-refractivity contribution in [3.05, 3.63) is 39.9 Å². The molecule has 1 aromatic carbocycles. The molecule has 0 aromatic heterocycles. The summed E-state index contributed by atoms with van der Waals surface area (Å²) in [5.41, 5.74) is 0.673. The van der Waals surface area contributed by atoms with Gasteiger partial charge in [-0.15, -0.1) is 0 Å². The highest BCUT2D eigenvalue weighted by molar-refractivity contribution is 6.42. The SMILES string of the molecule is CC(CC(=O)NC1CCN(C(=O)/C=C/c2cccc(Cl)c2Cl)CC1)C(=O)O. The molecule has 0 spiro atoms. The number of benzene rings is 1. The summed E-state index contributed by atoms with van der Waals surface area (Å²) < 4.78 is 0. The normalized spacial score (nSPS) is 16.3. The molecule has 1 unspecified atom stereocenters. The van der Waals surface area contributed by atoms with E-state index in [2.05, 4.69) is 5.32 Å². The highest BCUT2D eigenvalue weighted by atomic mass is 35.5. The third kappa shape index (κ3) is 6.26. The van der Waals surface area contributed by atoms with Gasteiger partial charge in [0, 0.05) is 31.6 Å². The van der Waals surface area contributed by atoms with Gasteiger partial charge in [-0.2, -0.15) is 0 Å². The second-order valence-corrected chi connectivity index (χ2v) is 7.37. The predicted molar refractivity (Wildman–Crippen MR) is 105 cm³/mol. The second-order valence-electron chi connectivity index (χ2n) is 6.59. The van der Waals surface area contributed by atoms with Crippen molar-refractivity contribution in [1.82, 2.24) is 10.2 Å². The van der Waals surface area contributed by atoms with Crippen molar-refractivity contribution in [3.8, 4) is 0 Å². The third-order valence-corrected chi connectivity index (χ3v) is 5.31. The highest BCUT2D eigenvalue weighted by Gasteiger charge is 2.24. The fraction of sp³-hybridized carbons (Fsp3) is 0.421. The monoisotopic (exact) mass is 412 g/mol. The lowest BCUT2D eigenvalue weighted by molar-refractivity contribution is -0.143. The molecule has 0 radical (unpaired) electrons. The molecule has 1 aliphatic rings. The molecule has 0 bridgehead atoms. The number of carbonyl (C=O) groups excluding carboxylic acids is 2. The third-order valence-electron chi connectivity index (χ3n) is 4.47. The molecule has 0 saturated carbocycles. The van der Waals surface area contributed by atoms with Crippen LogP contribution < -0.4 is 5.32 Å². The van der Waals surface area contributed by atoms with Gasteiger partial charge in [0.2, 0.25) is 11.8 Å². The fourth-order valence-electron chi connectivity index (χ4n) is 2.81. The number of amides is 2. The predicted octanol–water partition coefficient (Wildman–Crippen LogP) is 3.22. The molecule has 1 saturated heterocycles. The van der Waals surface area contributed by atoms with E-state index in [1.807, 2.05) is 0 Å². The number of piperidine rings is 1. The maximum atomic E-state index is 12.3. The minimum absolute atomic E-state index is 0.0440. The number of nitrogens with zero attached hydrogens (tertiary/aromatic N) is 1. The first kappa shape index (κ1) is 21.3. The molecule has 27 heavy (non-hydrogen) atoms. The van der Waals surface area contributed by atoms with Crippen molar-refractivity contribution >= 4 is 47.1 Å². The molecule has 1 aromatic rings. The summed E-state index contributed by atoms with van der Waals surface area (Å²) in [6.07, 6.45) is 4.32. The molecule has 1 heterocycles. The summed E-state index contributed by atoms with van der Waals surface area (Å²) >= 11 is 12.1. The van der Waals surface area contributed by atoms with E-state index in [1.54, 1.807) is 29.2 Å². The van der Waals surface area contributed by atoms with Gasteiger partial charge in [0.1, 0.15) is 0 Å².